The zero-order chi connectivity index (χ0) is 32.6. The highest BCUT2D eigenvalue weighted by molar-refractivity contribution is 6.31. The van der Waals surface area contributed by atoms with Gasteiger partial charge >= 0.3 is 12.1 Å². The predicted molar refractivity (Wildman–Crippen MR) is 167 cm³/mol. The zero-order valence-electron chi connectivity index (χ0n) is 25.6. The van der Waals surface area contributed by atoms with Gasteiger partial charge in [0.15, 0.2) is 5.69 Å². The van der Waals surface area contributed by atoms with Gasteiger partial charge in [0.1, 0.15) is 5.56 Å². The fourth-order valence-corrected chi connectivity index (χ4v) is 7.15. The number of piperidine rings is 1. The molecule has 1 unspecified atom stereocenters. The van der Waals surface area contributed by atoms with Crippen molar-refractivity contribution in [3.05, 3.63) is 64.9 Å². The Kier molecular flexibility index (Phi) is 9.22. The Labute approximate surface area is 269 Å². The van der Waals surface area contributed by atoms with Crippen molar-refractivity contribution >= 4 is 28.9 Å². The average Bonchev–Trinajstić information content (AvgIpc) is 3.48. The van der Waals surface area contributed by atoms with Crippen LogP contribution in [0.2, 0.25) is 5.02 Å². The topological polar surface area (TPSA) is 53.8 Å². The third kappa shape index (κ3) is 6.97. The molecule has 3 heterocycles. The van der Waals surface area contributed by atoms with Gasteiger partial charge < -0.3 is 14.5 Å². The van der Waals surface area contributed by atoms with Crippen LogP contribution in [0, 0.1) is 5.92 Å². The van der Waals surface area contributed by atoms with Crippen molar-refractivity contribution < 1.29 is 31.5 Å². The zero-order valence-corrected chi connectivity index (χ0v) is 26.3. The summed E-state index contributed by atoms with van der Waals surface area (Å²) < 4.78 is 74.9. The molecule has 6 rings (SSSR count). The molecule has 2 aliphatic heterocycles. The SMILES string of the molecule is CCOC(=O)c1cnn(C2CCCN(c3cc(Cl)ccc3-c3ccc(N4CCN(CC5CC(F)(F)C5)CC4)cc3)C2)c1C(F)(F)F. The van der Waals surface area contributed by atoms with Crippen LogP contribution in [-0.2, 0) is 10.9 Å². The molecule has 7 nitrogen and oxygen atoms in total. The maximum absolute atomic E-state index is 14.2. The summed E-state index contributed by atoms with van der Waals surface area (Å²) in [5.74, 6) is -3.45. The highest BCUT2D eigenvalue weighted by Crippen LogP contribution is 2.43. The van der Waals surface area contributed by atoms with Gasteiger partial charge in [0.2, 0.25) is 5.92 Å². The van der Waals surface area contributed by atoms with E-state index in [9.17, 15) is 26.7 Å². The van der Waals surface area contributed by atoms with Gasteiger partial charge in [-0.15, -0.1) is 0 Å². The average molecular weight is 666 g/mol. The molecule has 2 aromatic carbocycles. The number of hydrogen-bond acceptors (Lipinski definition) is 6. The Hall–Kier alpha value is -3.38. The van der Waals surface area contributed by atoms with Crippen LogP contribution in [0.1, 0.15) is 54.7 Å². The molecule has 3 fully saturated rings. The van der Waals surface area contributed by atoms with Crippen molar-refractivity contribution in [2.45, 2.75) is 50.7 Å². The fraction of sp³-hybridized carbons (Fsp3) is 0.515. The number of hydrogen-bond donors (Lipinski definition) is 0. The number of nitrogens with zero attached hydrogens (tertiary/aromatic N) is 5. The van der Waals surface area contributed by atoms with Crippen molar-refractivity contribution in [3.8, 4) is 11.1 Å². The first-order chi connectivity index (χ1) is 21.9. The molecule has 13 heteroatoms. The highest BCUT2D eigenvalue weighted by Gasteiger charge is 2.46. The van der Waals surface area contributed by atoms with Crippen LogP contribution < -0.4 is 9.80 Å². The number of ether oxygens (including phenoxy) is 1. The van der Waals surface area contributed by atoms with E-state index in [1.165, 1.54) is 6.92 Å². The Bertz CT molecular complexity index is 1530. The molecule has 0 N–H and O–H groups in total. The van der Waals surface area contributed by atoms with Crippen molar-refractivity contribution in [2.24, 2.45) is 5.92 Å². The van der Waals surface area contributed by atoms with E-state index in [2.05, 4.69) is 27.0 Å². The molecular weight excluding hydrogens is 629 g/mol. The molecule has 1 saturated carbocycles. The van der Waals surface area contributed by atoms with Gasteiger partial charge in [0, 0.05) is 80.6 Å². The lowest BCUT2D eigenvalue weighted by molar-refractivity contribution is -0.145. The largest absolute Gasteiger partial charge is 0.462 e. The highest BCUT2D eigenvalue weighted by atomic mass is 35.5. The van der Waals surface area contributed by atoms with Crippen molar-refractivity contribution in [2.75, 3.05) is 62.2 Å². The summed E-state index contributed by atoms with van der Waals surface area (Å²) in [7, 11) is 0. The fourth-order valence-electron chi connectivity index (χ4n) is 6.98. The first-order valence-electron chi connectivity index (χ1n) is 15.7. The summed E-state index contributed by atoms with van der Waals surface area (Å²) in [5, 5.41) is 4.54. The first kappa shape index (κ1) is 32.6. The van der Waals surface area contributed by atoms with Gasteiger partial charge in [-0.1, -0.05) is 29.8 Å². The number of aromatic nitrogens is 2. The van der Waals surface area contributed by atoms with Crippen molar-refractivity contribution in [1.82, 2.24) is 14.7 Å². The normalized spacial score (nSPS) is 20.9. The quantitative estimate of drug-likeness (QED) is 0.185. The standard InChI is InChI=1S/C33H37ClF5N5O2/c1-2-46-31(45)28-19-40-44(30(28)33(37,38)39)26-4-3-11-43(21-26)29-16-24(34)7-10-27(29)23-5-8-25(9-6-23)42-14-12-41(13-15-42)20-22-17-32(35,36)18-22/h5-10,16,19,22,26H,2-4,11-15,17-18,20-21H2,1H3. The molecule has 0 spiro atoms. The number of esters is 1. The van der Waals surface area contributed by atoms with Gasteiger partial charge in [-0.2, -0.15) is 18.3 Å². The smallest absolute Gasteiger partial charge is 0.433 e. The minimum Gasteiger partial charge on any atom is -0.462 e. The number of carbonyl (C=O) groups is 1. The van der Waals surface area contributed by atoms with Crippen molar-refractivity contribution in [3.63, 3.8) is 0 Å². The summed E-state index contributed by atoms with van der Waals surface area (Å²) >= 11 is 6.43. The Morgan fingerprint density at radius 2 is 1.74 bits per heavy atom. The number of rotatable bonds is 8. The Morgan fingerprint density at radius 1 is 1.02 bits per heavy atom. The van der Waals surface area contributed by atoms with Crippen LogP contribution in [0.4, 0.5) is 33.3 Å². The molecule has 0 amide bonds. The van der Waals surface area contributed by atoms with E-state index in [-0.39, 0.29) is 31.9 Å². The summed E-state index contributed by atoms with van der Waals surface area (Å²) in [6.45, 7) is 6.38. The Morgan fingerprint density at radius 3 is 2.39 bits per heavy atom. The van der Waals surface area contributed by atoms with Crippen LogP contribution in [0.25, 0.3) is 11.1 Å². The molecule has 2 saturated heterocycles. The summed E-state index contributed by atoms with van der Waals surface area (Å²) in [5.41, 5.74) is 2.06. The third-order valence-corrected chi connectivity index (χ3v) is 9.44. The lowest BCUT2D eigenvalue weighted by atomic mass is 9.81. The molecule has 248 valence electrons. The van der Waals surface area contributed by atoms with Crippen LogP contribution in [0.15, 0.2) is 48.7 Å². The predicted octanol–water partition coefficient (Wildman–Crippen LogP) is 7.41. The minimum atomic E-state index is -4.79. The molecule has 0 bridgehead atoms. The third-order valence-electron chi connectivity index (χ3n) is 9.21. The van der Waals surface area contributed by atoms with Gasteiger partial charge in [-0.25, -0.2) is 13.6 Å². The number of halogens is 6. The minimum absolute atomic E-state index is 0.00625. The van der Waals surface area contributed by atoms with Crippen LogP contribution in [-0.4, -0.2) is 79.0 Å². The van der Waals surface area contributed by atoms with Crippen LogP contribution in [0.5, 0.6) is 0 Å². The van der Waals surface area contributed by atoms with Gasteiger partial charge in [0.05, 0.1) is 18.8 Å². The van der Waals surface area contributed by atoms with E-state index in [1.807, 2.05) is 29.2 Å². The van der Waals surface area contributed by atoms with Crippen molar-refractivity contribution in [1.29, 1.82) is 0 Å². The second-order valence-electron chi connectivity index (χ2n) is 12.4. The second kappa shape index (κ2) is 13.0. The number of anilines is 2. The maximum atomic E-state index is 14.2. The van der Waals surface area contributed by atoms with Gasteiger partial charge in [0.25, 0.3) is 0 Å². The molecule has 3 aliphatic rings. The number of carbonyl (C=O) groups excluding carboxylic acids is 1. The molecule has 1 atom stereocenters. The van der Waals surface area contributed by atoms with Crippen LogP contribution >= 0.6 is 11.6 Å². The number of piperazine rings is 1. The van der Waals surface area contributed by atoms with E-state index in [0.717, 1.165) is 66.1 Å². The van der Waals surface area contributed by atoms with E-state index in [0.29, 0.717) is 24.4 Å². The monoisotopic (exact) mass is 665 g/mol. The van der Waals surface area contributed by atoms with Crippen LogP contribution in [0.3, 0.4) is 0 Å². The summed E-state index contributed by atoms with van der Waals surface area (Å²) in [4.78, 5) is 18.9. The molecular formula is C33H37ClF5N5O2. The lowest BCUT2D eigenvalue weighted by Crippen LogP contribution is -2.50. The second-order valence-corrected chi connectivity index (χ2v) is 12.9. The molecule has 46 heavy (non-hydrogen) atoms. The summed E-state index contributed by atoms with van der Waals surface area (Å²) in [6, 6.07) is 13.1. The number of benzene rings is 2. The lowest BCUT2D eigenvalue weighted by Gasteiger charge is -2.41. The Balaban J connectivity index is 1.17. The molecule has 1 aliphatic carbocycles. The maximum Gasteiger partial charge on any atom is 0.433 e. The van der Waals surface area contributed by atoms with E-state index in [4.69, 9.17) is 16.3 Å². The van der Waals surface area contributed by atoms with Gasteiger partial charge in [-0.3, -0.25) is 9.58 Å². The van der Waals surface area contributed by atoms with Gasteiger partial charge in [-0.05, 0) is 55.5 Å². The first-order valence-corrected chi connectivity index (χ1v) is 16.1. The molecule has 1 aromatic heterocycles. The van der Waals surface area contributed by atoms with E-state index in [1.54, 1.807) is 6.07 Å². The van der Waals surface area contributed by atoms with E-state index >= 15 is 0 Å². The molecule has 3 aromatic rings. The summed E-state index contributed by atoms with van der Waals surface area (Å²) in [6.07, 6.45) is -2.76. The van der Waals surface area contributed by atoms with E-state index < -0.39 is 35.4 Å². The number of alkyl halides is 5. The molecule has 0 radical (unpaired) electrons.